The van der Waals surface area contributed by atoms with Gasteiger partial charge in [0.2, 0.25) is 5.91 Å². The van der Waals surface area contributed by atoms with E-state index in [0.29, 0.717) is 5.56 Å². The minimum Gasteiger partial charge on any atom is -0.366 e. The van der Waals surface area contributed by atoms with E-state index in [-0.39, 0.29) is 28.8 Å². The van der Waals surface area contributed by atoms with Crippen LogP contribution in [-0.4, -0.2) is 26.8 Å². The predicted molar refractivity (Wildman–Crippen MR) is 119 cm³/mol. The van der Waals surface area contributed by atoms with Crippen LogP contribution in [0.15, 0.2) is 73.2 Å². The van der Waals surface area contributed by atoms with Gasteiger partial charge in [0.25, 0.3) is 5.91 Å². The zero-order valence-electron chi connectivity index (χ0n) is 17.7. The van der Waals surface area contributed by atoms with Crippen LogP contribution in [0.1, 0.15) is 26.3 Å². The van der Waals surface area contributed by atoms with E-state index in [9.17, 15) is 27.2 Å². The summed E-state index contributed by atoms with van der Waals surface area (Å²) in [6.45, 7) is 0. The number of halogens is 4. The highest BCUT2D eigenvalue weighted by Gasteiger charge is 2.36. The molecule has 2 amide bonds. The number of carbonyl (C=O) groups is 2. The molecule has 11 heteroatoms. The van der Waals surface area contributed by atoms with Crippen molar-refractivity contribution in [2.75, 3.05) is 5.32 Å². The van der Waals surface area contributed by atoms with Crippen LogP contribution in [0.25, 0.3) is 22.6 Å². The third-order valence-electron chi connectivity index (χ3n) is 4.93. The number of alkyl halides is 3. The number of nitrogens with two attached hydrogens (primary N) is 1. The zero-order chi connectivity index (χ0) is 25.2. The topological polar surface area (TPSA) is 111 Å². The molecule has 3 N–H and O–H groups in total. The van der Waals surface area contributed by atoms with Crippen molar-refractivity contribution >= 4 is 17.5 Å². The van der Waals surface area contributed by atoms with Gasteiger partial charge in [-0.3, -0.25) is 14.6 Å². The Hall–Kier alpha value is -4.67. The van der Waals surface area contributed by atoms with Gasteiger partial charge in [-0.05, 0) is 24.3 Å². The van der Waals surface area contributed by atoms with Gasteiger partial charge in [0.05, 0.1) is 28.1 Å². The summed E-state index contributed by atoms with van der Waals surface area (Å²) in [5.74, 6) is -3.64. The van der Waals surface area contributed by atoms with Crippen LogP contribution < -0.4 is 11.1 Å². The van der Waals surface area contributed by atoms with Crippen LogP contribution in [0.2, 0.25) is 0 Å². The molecule has 2 heterocycles. The minimum absolute atomic E-state index is 0.00862. The first-order valence-electron chi connectivity index (χ1n) is 10.00. The van der Waals surface area contributed by atoms with Gasteiger partial charge in [0.1, 0.15) is 5.82 Å². The summed E-state index contributed by atoms with van der Waals surface area (Å²) in [6.07, 6.45) is -1.27. The zero-order valence-corrected chi connectivity index (χ0v) is 17.7. The lowest BCUT2D eigenvalue weighted by molar-refractivity contribution is -0.137. The number of pyridine rings is 1. The number of hydrogen-bond acceptors (Lipinski definition) is 5. The third kappa shape index (κ3) is 4.98. The highest BCUT2D eigenvalue weighted by Crippen LogP contribution is 2.37. The molecule has 4 aromatic rings. The quantitative estimate of drug-likeness (QED) is 0.401. The molecule has 0 aliphatic rings. The molecule has 0 aliphatic carbocycles. The SMILES string of the molecule is NC(=O)c1cnc(-c2ccccc2)c(NC(=O)c2cc(-c3ncccn3)c(C(F)(F)F)cc2F)c1. The van der Waals surface area contributed by atoms with E-state index in [1.54, 1.807) is 30.3 Å². The van der Waals surface area contributed by atoms with Crippen molar-refractivity contribution in [1.29, 1.82) is 0 Å². The number of nitrogens with zero attached hydrogens (tertiary/aromatic N) is 3. The Morgan fingerprint density at radius 1 is 0.914 bits per heavy atom. The van der Waals surface area contributed by atoms with E-state index in [0.717, 1.165) is 6.07 Å². The molecule has 0 atom stereocenters. The van der Waals surface area contributed by atoms with Crippen molar-refractivity contribution < 1.29 is 27.2 Å². The maximum Gasteiger partial charge on any atom is 0.417 e. The van der Waals surface area contributed by atoms with E-state index in [1.165, 1.54) is 30.7 Å². The van der Waals surface area contributed by atoms with Crippen LogP contribution in [0.4, 0.5) is 23.2 Å². The van der Waals surface area contributed by atoms with Gasteiger partial charge >= 0.3 is 6.18 Å². The number of hydrogen-bond donors (Lipinski definition) is 2. The van der Waals surface area contributed by atoms with Gasteiger partial charge in [0.15, 0.2) is 5.82 Å². The summed E-state index contributed by atoms with van der Waals surface area (Å²) >= 11 is 0. The van der Waals surface area contributed by atoms with E-state index >= 15 is 0 Å². The van der Waals surface area contributed by atoms with Crippen molar-refractivity contribution in [2.45, 2.75) is 6.18 Å². The first-order valence-corrected chi connectivity index (χ1v) is 10.00. The molecular weight excluding hydrogens is 466 g/mol. The average Bonchev–Trinajstić information content (AvgIpc) is 2.84. The van der Waals surface area contributed by atoms with Gasteiger partial charge in [-0.15, -0.1) is 0 Å². The summed E-state index contributed by atoms with van der Waals surface area (Å²) in [5, 5.41) is 2.43. The van der Waals surface area contributed by atoms with Crippen LogP contribution in [0.3, 0.4) is 0 Å². The van der Waals surface area contributed by atoms with Gasteiger partial charge in [0, 0.05) is 29.7 Å². The van der Waals surface area contributed by atoms with Crippen molar-refractivity contribution in [3.8, 4) is 22.6 Å². The first kappa shape index (κ1) is 23.5. The number of primary amides is 1. The van der Waals surface area contributed by atoms with Gasteiger partial charge in [-0.25, -0.2) is 14.4 Å². The summed E-state index contributed by atoms with van der Waals surface area (Å²) in [7, 11) is 0. The maximum absolute atomic E-state index is 14.8. The Balaban J connectivity index is 1.81. The van der Waals surface area contributed by atoms with Crippen molar-refractivity contribution in [3.05, 3.63) is 95.7 Å². The normalized spacial score (nSPS) is 11.2. The minimum atomic E-state index is -4.93. The van der Waals surface area contributed by atoms with Crippen molar-refractivity contribution in [3.63, 3.8) is 0 Å². The first-order chi connectivity index (χ1) is 16.6. The van der Waals surface area contributed by atoms with Crippen molar-refractivity contribution in [1.82, 2.24) is 15.0 Å². The second-order valence-electron chi connectivity index (χ2n) is 7.25. The number of amides is 2. The van der Waals surface area contributed by atoms with E-state index in [2.05, 4.69) is 20.3 Å². The van der Waals surface area contributed by atoms with Gasteiger partial charge in [-0.1, -0.05) is 30.3 Å². The van der Waals surface area contributed by atoms with Crippen LogP contribution >= 0.6 is 0 Å². The Morgan fingerprint density at radius 3 is 2.23 bits per heavy atom. The third-order valence-corrected chi connectivity index (χ3v) is 4.93. The molecule has 0 radical (unpaired) electrons. The van der Waals surface area contributed by atoms with Crippen LogP contribution in [-0.2, 0) is 6.18 Å². The van der Waals surface area contributed by atoms with Gasteiger partial charge in [-0.2, -0.15) is 13.2 Å². The van der Waals surface area contributed by atoms with Crippen LogP contribution in [0.5, 0.6) is 0 Å². The molecule has 0 bridgehead atoms. The second kappa shape index (κ2) is 9.29. The molecule has 0 spiro atoms. The molecule has 7 nitrogen and oxygen atoms in total. The van der Waals surface area contributed by atoms with E-state index in [4.69, 9.17) is 5.73 Å². The molecule has 0 saturated heterocycles. The highest BCUT2D eigenvalue weighted by atomic mass is 19.4. The highest BCUT2D eigenvalue weighted by molar-refractivity contribution is 6.07. The number of anilines is 1. The number of rotatable bonds is 5. The maximum atomic E-state index is 14.8. The molecule has 0 fully saturated rings. The molecule has 2 aromatic heterocycles. The van der Waals surface area contributed by atoms with Gasteiger partial charge < -0.3 is 11.1 Å². The Bertz CT molecular complexity index is 1410. The Morgan fingerprint density at radius 2 is 1.60 bits per heavy atom. The smallest absolute Gasteiger partial charge is 0.366 e. The molecule has 176 valence electrons. The number of aromatic nitrogens is 3. The summed E-state index contributed by atoms with van der Waals surface area (Å²) in [4.78, 5) is 36.4. The summed E-state index contributed by atoms with van der Waals surface area (Å²) in [6, 6.07) is 12.2. The molecule has 2 aromatic carbocycles. The Kier molecular flexibility index (Phi) is 6.24. The molecule has 4 rings (SSSR count). The fraction of sp³-hybridized carbons (Fsp3) is 0.0417. The molecule has 35 heavy (non-hydrogen) atoms. The fourth-order valence-electron chi connectivity index (χ4n) is 3.32. The molecule has 0 saturated carbocycles. The summed E-state index contributed by atoms with van der Waals surface area (Å²) in [5.41, 5.74) is 3.48. The van der Waals surface area contributed by atoms with E-state index in [1.807, 2.05) is 0 Å². The molecule has 0 unspecified atom stereocenters. The van der Waals surface area contributed by atoms with Crippen molar-refractivity contribution in [2.24, 2.45) is 5.73 Å². The summed E-state index contributed by atoms with van der Waals surface area (Å²) < 4.78 is 55.5. The molecular formula is C24H15F4N5O2. The number of benzene rings is 2. The largest absolute Gasteiger partial charge is 0.417 e. The number of nitrogens with one attached hydrogen (secondary N) is 1. The second-order valence-corrected chi connectivity index (χ2v) is 7.25. The lowest BCUT2D eigenvalue weighted by atomic mass is 10.0. The lowest BCUT2D eigenvalue weighted by Gasteiger charge is -2.16. The fourth-order valence-corrected chi connectivity index (χ4v) is 3.32. The van der Waals surface area contributed by atoms with E-state index < -0.39 is 40.5 Å². The monoisotopic (exact) mass is 481 g/mol. The Labute approximate surface area is 195 Å². The average molecular weight is 481 g/mol. The predicted octanol–water partition coefficient (Wildman–Crippen LogP) is 4.71. The standard InChI is InChI=1S/C24H15F4N5O2/c25-18-11-17(24(26,27)28)15(22-30-7-4-8-31-22)10-16(18)23(35)33-19-9-14(21(29)34)12-32-20(19)13-5-2-1-3-6-13/h1-12H,(H2,29,34)(H,33,35). The van der Waals surface area contributed by atoms with Crippen LogP contribution in [0, 0.1) is 5.82 Å². The molecule has 0 aliphatic heterocycles. The lowest BCUT2D eigenvalue weighted by Crippen LogP contribution is -2.18. The number of carbonyl (C=O) groups excluding carboxylic acids is 2.